The maximum atomic E-state index is 12.9. The molecule has 2 aliphatic rings. The number of hydrogen-bond acceptors (Lipinski definition) is 4. The SMILES string of the molecule is COc1ccccc1CCNC(=O)[C@@H]1C[C@H]2CCN(C(=O)c3cc(C)oc3C)C[C@H]21. The zero-order valence-corrected chi connectivity index (χ0v) is 17.9. The summed E-state index contributed by atoms with van der Waals surface area (Å²) in [5.41, 5.74) is 1.73. The van der Waals surface area contributed by atoms with E-state index in [1.165, 1.54) is 0 Å². The van der Waals surface area contributed by atoms with Gasteiger partial charge in [0.2, 0.25) is 5.91 Å². The fourth-order valence-electron chi connectivity index (χ4n) is 4.94. The van der Waals surface area contributed by atoms with Crippen LogP contribution in [0.15, 0.2) is 34.7 Å². The van der Waals surface area contributed by atoms with Crippen LogP contribution in [-0.2, 0) is 11.2 Å². The molecule has 160 valence electrons. The first-order valence-corrected chi connectivity index (χ1v) is 10.7. The first-order chi connectivity index (χ1) is 14.5. The summed E-state index contributed by atoms with van der Waals surface area (Å²) in [4.78, 5) is 27.6. The molecular weight excluding hydrogens is 380 g/mol. The number of amides is 2. The van der Waals surface area contributed by atoms with Gasteiger partial charge in [-0.2, -0.15) is 0 Å². The molecule has 0 unspecified atom stereocenters. The lowest BCUT2D eigenvalue weighted by molar-refractivity contribution is -0.136. The predicted molar refractivity (Wildman–Crippen MR) is 113 cm³/mol. The Morgan fingerprint density at radius 3 is 2.80 bits per heavy atom. The van der Waals surface area contributed by atoms with Gasteiger partial charge in [-0.25, -0.2) is 0 Å². The molecule has 0 spiro atoms. The quantitative estimate of drug-likeness (QED) is 0.793. The molecule has 1 N–H and O–H groups in total. The minimum absolute atomic E-state index is 0.00421. The number of hydrogen-bond donors (Lipinski definition) is 1. The summed E-state index contributed by atoms with van der Waals surface area (Å²) in [7, 11) is 1.66. The summed E-state index contributed by atoms with van der Waals surface area (Å²) in [5.74, 6) is 3.19. The number of benzene rings is 1. The second-order valence-electron chi connectivity index (χ2n) is 8.49. The Morgan fingerprint density at radius 1 is 1.27 bits per heavy atom. The van der Waals surface area contributed by atoms with Crippen molar-refractivity contribution < 1.29 is 18.7 Å². The highest BCUT2D eigenvalue weighted by atomic mass is 16.5. The number of piperidine rings is 1. The Balaban J connectivity index is 1.31. The maximum absolute atomic E-state index is 12.9. The van der Waals surface area contributed by atoms with Crippen LogP contribution in [0.5, 0.6) is 5.75 Å². The van der Waals surface area contributed by atoms with Crippen molar-refractivity contribution in [3.05, 3.63) is 53.0 Å². The normalized spacial score (nSPS) is 22.8. The van der Waals surface area contributed by atoms with Gasteiger partial charge in [-0.15, -0.1) is 0 Å². The van der Waals surface area contributed by atoms with Crippen molar-refractivity contribution in [3.8, 4) is 5.75 Å². The largest absolute Gasteiger partial charge is 0.496 e. The average molecular weight is 411 g/mol. The maximum Gasteiger partial charge on any atom is 0.257 e. The summed E-state index contributed by atoms with van der Waals surface area (Å²) in [6.07, 6.45) is 2.63. The molecule has 1 saturated heterocycles. The predicted octanol–water partition coefficient (Wildman–Crippen LogP) is 3.36. The topological polar surface area (TPSA) is 71.8 Å². The molecule has 1 aliphatic heterocycles. The van der Waals surface area contributed by atoms with Crippen molar-refractivity contribution in [3.63, 3.8) is 0 Å². The third-order valence-corrected chi connectivity index (χ3v) is 6.66. The van der Waals surface area contributed by atoms with Crippen LogP contribution in [0.3, 0.4) is 0 Å². The first-order valence-electron chi connectivity index (χ1n) is 10.7. The van der Waals surface area contributed by atoms with E-state index in [9.17, 15) is 9.59 Å². The van der Waals surface area contributed by atoms with Crippen molar-refractivity contribution in [1.82, 2.24) is 10.2 Å². The molecule has 3 atom stereocenters. The molecule has 30 heavy (non-hydrogen) atoms. The Morgan fingerprint density at radius 2 is 2.07 bits per heavy atom. The fourth-order valence-corrected chi connectivity index (χ4v) is 4.94. The van der Waals surface area contributed by atoms with Gasteiger partial charge in [0.05, 0.1) is 12.7 Å². The fraction of sp³-hybridized carbons (Fsp3) is 0.500. The van der Waals surface area contributed by atoms with E-state index < -0.39 is 0 Å². The Kier molecular flexibility index (Phi) is 5.84. The van der Waals surface area contributed by atoms with Gasteiger partial charge in [0.15, 0.2) is 0 Å². The molecule has 1 aromatic heterocycles. The van der Waals surface area contributed by atoms with E-state index in [1.54, 1.807) is 7.11 Å². The Hall–Kier alpha value is -2.76. The van der Waals surface area contributed by atoms with E-state index in [1.807, 2.05) is 49.1 Å². The van der Waals surface area contributed by atoms with Crippen molar-refractivity contribution in [1.29, 1.82) is 0 Å². The van der Waals surface area contributed by atoms with Gasteiger partial charge in [0, 0.05) is 25.6 Å². The number of methoxy groups -OCH3 is 1. The number of ether oxygens (including phenoxy) is 1. The summed E-state index contributed by atoms with van der Waals surface area (Å²) >= 11 is 0. The second kappa shape index (κ2) is 8.54. The number of nitrogens with zero attached hydrogens (tertiary/aromatic N) is 1. The van der Waals surface area contributed by atoms with Gasteiger partial charge in [0.25, 0.3) is 5.91 Å². The summed E-state index contributed by atoms with van der Waals surface area (Å²) < 4.78 is 10.9. The molecular formula is C24H30N2O4. The molecule has 1 saturated carbocycles. The van der Waals surface area contributed by atoms with Crippen molar-refractivity contribution in [2.45, 2.75) is 33.1 Å². The zero-order valence-electron chi connectivity index (χ0n) is 17.9. The smallest absolute Gasteiger partial charge is 0.257 e. The average Bonchev–Trinajstić information content (AvgIpc) is 3.06. The molecule has 2 heterocycles. The number of nitrogens with one attached hydrogen (secondary N) is 1. The summed E-state index contributed by atoms with van der Waals surface area (Å²) in [6.45, 7) is 5.68. The lowest BCUT2D eigenvalue weighted by Crippen LogP contribution is -2.56. The molecule has 6 nitrogen and oxygen atoms in total. The van der Waals surface area contributed by atoms with Crippen molar-refractivity contribution >= 4 is 11.8 Å². The van der Waals surface area contributed by atoms with Gasteiger partial charge < -0.3 is 19.4 Å². The molecule has 1 aliphatic carbocycles. The standard InChI is InChI=1S/C24H30N2O4/c1-15-12-19(16(2)30-15)24(28)26-11-9-18-13-20(21(18)14-26)23(27)25-10-8-17-6-4-5-7-22(17)29-3/h4-7,12,18,20-21H,8-11,13-14H2,1-3H3,(H,25,27)/t18-,20-,21-/m1/s1. The van der Waals surface area contributed by atoms with E-state index in [0.29, 0.717) is 30.3 Å². The highest BCUT2D eigenvalue weighted by molar-refractivity contribution is 5.95. The Bertz CT molecular complexity index is 935. The zero-order chi connectivity index (χ0) is 21.3. The molecule has 6 heteroatoms. The van der Waals surface area contributed by atoms with Crippen LogP contribution in [0, 0.1) is 31.6 Å². The number of fused-ring (bicyclic) bond motifs is 1. The van der Waals surface area contributed by atoms with Crippen LogP contribution in [0.25, 0.3) is 0 Å². The minimum Gasteiger partial charge on any atom is -0.496 e. The third-order valence-electron chi connectivity index (χ3n) is 6.66. The lowest BCUT2D eigenvalue weighted by atomic mass is 9.61. The van der Waals surface area contributed by atoms with Crippen molar-refractivity contribution in [2.24, 2.45) is 17.8 Å². The van der Waals surface area contributed by atoms with Crippen LogP contribution in [0.1, 0.15) is 40.3 Å². The van der Waals surface area contributed by atoms with Crippen LogP contribution in [-0.4, -0.2) is 43.5 Å². The molecule has 2 aromatic rings. The third kappa shape index (κ3) is 3.95. The van der Waals surface area contributed by atoms with E-state index in [2.05, 4.69) is 5.32 Å². The number of carbonyl (C=O) groups excluding carboxylic acids is 2. The van der Waals surface area contributed by atoms with Gasteiger partial charge in [0.1, 0.15) is 17.3 Å². The van der Waals surface area contributed by atoms with Crippen LogP contribution in [0.4, 0.5) is 0 Å². The lowest BCUT2D eigenvalue weighted by Gasteiger charge is -2.50. The number of rotatable bonds is 6. The van der Waals surface area contributed by atoms with Gasteiger partial charge >= 0.3 is 0 Å². The monoisotopic (exact) mass is 410 g/mol. The van der Waals surface area contributed by atoms with Gasteiger partial charge in [-0.05, 0) is 62.6 Å². The summed E-state index contributed by atoms with van der Waals surface area (Å²) in [5, 5.41) is 3.09. The molecule has 4 rings (SSSR count). The van der Waals surface area contributed by atoms with Crippen LogP contribution >= 0.6 is 0 Å². The molecule has 1 aromatic carbocycles. The van der Waals surface area contributed by atoms with Crippen LogP contribution in [0.2, 0.25) is 0 Å². The van der Waals surface area contributed by atoms with E-state index in [4.69, 9.17) is 9.15 Å². The van der Waals surface area contributed by atoms with Gasteiger partial charge in [-0.3, -0.25) is 9.59 Å². The molecule has 2 fully saturated rings. The highest BCUT2D eigenvalue weighted by Crippen LogP contribution is 2.46. The van der Waals surface area contributed by atoms with E-state index >= 15 is 0 Å². The Labute approximate surface area is 177 Å². The van der Waals surface area contributed by atoms with Gasteiger partial charge in [-0.1, -0.05) is 18.2 Å². The first kappa shape index (κ1) is 20.5. The number of carbonyl (C=O) groups is 2. The number of furan rings is 1. The summed E-state index contributed by atoms with van der Waals surface area (Å²) in [6, 6.07) is 9.69. The van der Waals surface area contributed by atoms with Crippen LogP contribution < -0.4 is 10.1 Å². The number of aryl methyl sites for hydroxylation is 2. The highest BCUT2D eigenvalue weighted by Gasteiger charge is 2.48. The van der Waals surface area contributed by atoms with Crippen molar-refractivity contribution in [2.75, 3.05) is 26.7 Å². The number of likely N-dealkylation sites (tertiary alicyclic amines) is 1. The number of para-hydroxylation sites is 1. The van der Waals surface area contributed by atoms with E-state index in [-0.39, 0.29) is 23.7 Å². The van der Waals surface area contributed by atoms with E-state index in [0.717, 1.165) is 42.9 Å². The second-order valence-corrected chi connectivity index (χ2v) is 8.49. The molecule has 0 bridgehead atoms. The minimum atomic E-state index is -0.00421. The molecule has 2 amide bonds. The molecule has 0 radical (unpaired) electrons.